The molecule has 4 amide bonds. The maximum atomic E-state index is 11.6. The van der Waals surface area contributed by atoms with Crippen LogP contribution in [0.2, 0.25) is 0 Å². The molecule has 0 atom stereocenters. The summed E-state index contributed by atoms with van der Waals surface area (Å²) >= 11 is 0. The van der Waals surface area contributed by atoms with E-state index in [0.29, 0.717) is 26.2 Å². The van der Waals surface area contributed by atoms with Crippen LogP contribution in [0.5, 0.6) is 0 Å². The molecule has 0 saturated carbocycles. The number of urea groups is 2. The van der Waals surface area contributed by atoms with Gasteiger partial charge in [-0.1, -0.05) is 12.8 Å². The number of amides is 4. The lowest BCUT2D eigenvalue weighted by Gasteiger charge is -2.11. The number of rotatable bonds is 15. The zero-order chi connectivity index (χ0) is 19.6. The second kappa shape index (κ2) is 16.9. The molecular weight excluding hydrogens is 332 g/mol. The second-order valence-corrected chi connectivity index (χ2v) is 7.09. The number of hydrogen-bond acceptors (Lipinski definition) is 4. The van der Waals surface area contributed by atoms with E-state index >= 15 is 0 Å². The standard InChI is InChI=1S/C18H40N6O2/c1-23(2)15-9-13-21-17(25)19-11-7-5-6-8-12-20-18(26)22-14-10-16-24(3)4/h5-16H2,1-4H3,(H2,19,21,25)(H2,20,22,26). The van der Waals surface area contributed by atoms with Gasteiger partial charge in [0.25, 0.3) is 0 Å². The quantitative estimate of drug-likeness (QED) is 0.324. The zero-order valence-electron chi connectivity index (χ0n) is 17.2. The number of carbonyl (C=O) groups is 2. The Labute approximate surface area is 159 Å². The Kier molecular flexibility index (Phi) is 15.9. The molecule has 0 aromatic carbocycles. The molecule has 0 aromatic rings. The Balaban J connectivity index is 3.30. The summed E-state index contributed by atoms with van der Waals surface area (Å²) in [7, 11) is 8.09. The highest BCUT2D eigenvalue weighted by atomic mass is 16.2. The van der Waals surface area contributed by atoms with Crippen molar-refractivity contribution in [3.63, 3.8) is 0 Å². The predicted molar refractivity (Wildman–Crippen MR) is 108 cm³/mol. The maximum absolute atomic E-state index is 11.6. The van der Waals surface area contributed by atoms with Crippen LogP contribution in [0.3, 0.4) is 0 Å². The van der Waals surface area contributed by atoms with Crippen LogP contribution in [0, 0.1) is 0 Å². The molecule has 0 aliphatic carbocycles. The van der Waals surface area contributed by atoms with E-state index in [4.69, 9.17) is 0 Å². The first kappa shape index (κ1) is 24.5. The van der Waals surface area contributed by atoms with Crippen LogP contribution in [0.1, 0.15) is 38.5 Å². The van der Waals surface area contributed by atoms with Crippen LogP contribution in [0.4, 0.5) is 9.59 Å². The van der Waals surface area contributed by atoms with Gasteiger partial charge < -0.3 is 31.1 Å². The molecule has 0 unspecified atom stereocenters. The second-order valence-electron chi connectivity index (χ2n) is 7.09. The van der Waals surface area contributed by atoms with E-state index in [0.717, 1.165) is 51.6 Å². The first-order chi connectivity index (χ1) is 12.4. The van der Waals surface area contributed by atoms with E-state index < -0.39 is 0 Å². The van der Waals surface area contributed by atoms with Gasteiger partial charge in [0, 0.05) is 26.2 Å². The fourth-order valence-electron chi connectivity index (χ4n) is 2.33. The van der Waals surface area contributed by atoms with Crippen molar-refractivity contribution in [1.82, 2.24) is 31.1 Å². The van der Waals surface area contributed by atoms with Gasteiger partial charge in [-0.15, -0.1) is 0 Å². The highest BCUT2D eigenvalue weighted by Crippen LogP contribution is 1.97. The summed E-state index contributed by atoms with van der Waals surface area (Å²) in [6.07, 6.45) is 5.93. The lowest BCUT2D eigenvalue weighted by Crippen LogP contribution is -2.37. The van der Waals surface area contributed by atoms with Crippen LogP contribution in [0.15, 0.2) is 0 Å². The van der Waals surface area contributed by atoms with Gasteiger partial charge in [-0.2, -0.15) is 0 Å². The Hall–Kier alpha value is -1.54. The number of unbranched alkanes of at least 4 members (excludes halogenated alkanes) is 3. The average Bonchev–Trinajstić information content (AvgIpc) is 2.57. The summed E-state index contributed by atoms with van der Waals surface area (Å²) < 4.78 is 0. The van der Waals surface area contributed by atoms with Crippen molar-refractivity contribution < 1.29 is 9.59 Å². The molecule has 0 aromatic heterocycles. The van der Waals surface area contributed by atoms with Crippen molar-refractivity contribution in [3.8, 4) is 0 Å². The van der Waals surface area contributed by atoms with Crippen LogP contribution in [0.25, 0.3) is 0 Å². The van der Waals surface area contributed by atoms with Gasteiger partial charge in [0.15, 0.2) is 0 Å². The van der Waals surface area contributed by atoms with Crippen molar-refractivity contribution in [2.75, 3.05) is 67.5 Å². The van der Waals surface area contributed by atoms with Crippen molar-refractivity contribution in [3.05, 3.63) is 0 Å². The predicted octanol–water partition coefficient (Wildman–Crippen LogP) is 1.05. The number of hydrogen-bond donors (Lipinski definition) is 4. The first-order valence-corrected chi connectivity index (χ1v) is 9.74. The molecule has 0 heterocycles. The van der Waals surface area contributed by atoms with E-state index in [-0.39, 0.29) is 12.1 Å². The Morgan fingerprint density at radius 1 is 0.538 bits per heavy atom. The van der Waals surface area contributed by atoms with Crippen molar-refractivity contribution in [2.24, 2.45) is 0 Å². The van der Waals surface area contributed by atoms with E-state index in [1.54, 1.807) is 0 Å². The van der Waals surface area contributed by atoms with Gasteiger partial charge in [0.1, 0.15) is 0 Å². The monoisotopic (exact) mass is 372 g/mol. The van der Waals surface area contributed by atoms with Crippen molar-refractivity contribution in [1.29, 1.82) is 0 Å². The molecule has 4 N–H and O–H groups in total. The van der Waals surface area contributed by atoms with Gasteiger partial charge in [0.2, 0.25) is 0 Å². The summed E-state index contributed by atoms with van der Waals surface area (Å²) in [6.45, 7) is 4.74. The van der Waals surface area contributed by atoms with E-state index in [2.05, 4.69) is 31.1 Å². The van der Waals surface area contributed by atoms with E-state index in [9.17, 15) is 9.59 Å². The Morgan fingerprint density at radius 2 is 0.846 bits per heavy atom. The largest absolute Gasteiger partial charge is 0.338 e. The molecule has 8 heteroatoms. The molecular formula is C18H40N6O2. The third-order valence-electron chi connectivity index (χ3n) is 3.81. The molecule has 0 aliphatic heterocycles. The molecule has 0 saturated heterocycles. The number of nitrogens with zero attached hydrogens (tertiary/aromatic N) is 2. The SMILES string of the molecule is CN(C)CCCNC(=O)NCCCCCCNC(=O)NCCCN(C)C. The van der Waals surface area contributed by atoms with Gasteiger partial charge >= 0.3 is 12.1 Å². The third kappa shape index (κ3) is 18.8. The number of nitrogens with one attached hydrogen (secondary N) is 4. The molecule has 0 fully saturated rings. The minimum absolute atomic E-state index is 0.0867. The van der Waals surface area contributed by atoms with Gasteiger partial charge in [-0.05, 0) is 67.0 Å². The zero-order valence-corrected chi connectivity index (χ0v) is 17.2. The first-order valence-electron chi connectivity index (χ1n) is 9.74. The van der Waals surface area contributed by atoms with Crippen LogP contribution in [-0.4, -0.2) is 89.3 Å². The lowest BCUT2D eigenvalue weighted by atomic mass is 10.2. The molecule has 0 spiro atoms. The smallest absolute Gasteiger partial charge is 0.314 e. The minimum atomic E-state index is -0.0867. The molecule has 8 nitrogen and oxygen atoms in total. The topological polar surface area (TPSA) is 88.7 Å². The number of carbonyl (C=O) groups excluding carboxylic acids is 2. The molecule has 154 valence electrons. The molecule has 26 heavy (non-hydrogen) atoms. The van der Waals surface area contributed by atoms with Crippen molar-refractivity contribution >= 4 is 12.1 Å². The van der Waals surface area contributed by atoms with E-state index in [1.165, 1.54) is 0 Å². The molecule has 0 aliphatic rings. The third-order valence-corrected chi connectivity index (χ3v) is 3.81. The molecule has 0 bridgehead atoms. The normalized spacial score (nSPS) is 10.8. The molecule has 0 radical (unpaired) electrons. The summed E-state index contributed by atoms with van der Waals surface area (Å²) in [5.41, 5.74) is 0. The van der Waals surface area contributed by atoms with Gasteiger partial charge in [-0.3, -0.25) is 0 Å². The summed E-state index contributed by atoms with van der Waals surface area (Å²) in [4.78, 5) is 27.3. The summed E-state index contributed by atoms with van der Waals surface area (Å²) in [5.74, 6) is 0. The van der Waals surface area contributed by atoms with Crippen LogP contribution < -0.4 is 21.3 Å². The van der Waals surface area contributed by atoms with Gasteiger partial charge in [0.05, 0.1) is 0 Å². The molecule has 0 rings (SSSR count). The van der Waals surface area contributed by atoms with Crippen LogP contribution >= 0.6 is 0 Å². The Bertz CT molecular complexity index is 330. The van der Waals surface area contributed by atoms with Crippen molar-refractivity contribution in [2.45, 2.75) is 38.5 Å². The fourth-order valence-corrected chi connectivity index (χ4v) is 2.33. The maximum Gasteiger partial charge on any atom is 0.314 e. The highest BCUT2D eigenvalue weighted by Gasteiger charge is 2.00. The summed E-state index contributed by atoms with van der Waals surface area (Å²) in [5, 5.41) is 11.4. The van der Waals surface area contributed by atoms with E-state index in [1.807, 2.05) is 28.2 Å². The van der Waals surface area contributed by atoms with Crippen LogP contribution in [-0.2, 0) is 0 Å². The fraction of sp³-hybridized carbons (Fsp3) is 0.889. The highest BCUT2D eigenvalue weighted by molar-refractivity contribution is 5.74. The summed E-state index contributed by atoms with van der Waals surface area (Å²) in [6, 6.07) is -0.173. The minimum Gasteiger partial charge on any atom is -0.338 e. The Morgan fingerprint density at radius 3 is 1.15 bits per heavy atom. The lowest BCUT2D eigenvalue weighted by molar-refractivity contribution is 0.238. The van der Waals surface area contributed by atoms with Gasteiger partial charge in [-0.25, -0.2) is 9.59 Å². The average molecular weight is 373 g/mol.